The summed E-state index contributed by atoms with van der Waals surface area (Å²) in [5.41, 5.74) is 1.00. The van der Waals surface area contributed by atoms with E-state index in [2.05, 4.69) is 20.0 Å². The molecule has 30 heavy (non-hydrogen) atoms. The van der Waals surface area contributed by atoms with E-state index in [1.165, 1.54) is 35.6 Å². The van der Waals surface area contributed by atoms with Crippen molar-refractivity contribution in [2.75, 3.05) is 13.1 Å². The van der Waals surface area contributed by atoms with Crippen molar-refractivity contribution in [2.24, 2.45) is 0 Å². The number of aromatic hydroxyl groups is 1. The summed E-state index contributed by atoms with van der Waals surface area (Å²) in [4.78, 5) is 21.2. The molecule has 0 aliphatic rings. The number of nitrogens with zero attached hydrogens (tertiary/aromatic N) is 1. The maximum absolute atomic E-state index is 12.6. The van der Waals surface area contributed by atoms with Gasteiger partial charge in [0.1, 0.15) is 22.6 Å². The van der Waals surface area contributed by atoms with E-state index < -0.39 is 15.9 Å². The smallest absolute Gasteiger partial charge is 0.253 e. The van der Waals surface area contributed by atoms with Crippen LogP contribution in [0.3, 0.4) is 0 Å². The molecule has 0 atom stereocenters. The number of carbonyl (C=O) groups is 1. The van der Waals surface area contributed by atoms with Gasteiger partial charge in [0.25, 0.3) is 5.91 Å². The van der Waals surface area contributed by atoms with E-state index in [4.69, 9.17) is 0 Å². The van der Waals surface area contributed by atoms with Gasteiger partial charge in [-0.2, -0.15) is 0 Å². The van der Waals surface area contributed by atoms with E-state index in [-0.39, 0.29) is 29.3 Å². The summed E-state index contributed by atoms with van der Waals surface area (Å²) in [6, 6.07) is 14.7. The molecule has 0 aliphatic carbocycles. The Kier molecular flexibility index (Phi) is 5.53. The zero-order valence-corrected chi connectivity index (χ0v) is 17.3. The van der Waals surface area contributed by atoms with Crippen LogP contribution in [0.1, 0.15) is 10.4 Å². The molecule has 0 bridgehead atoms. The summed E-state index contributed by atoms with van der Waals surface area (Å²) in [5.74, 6) is 0.141. The first-order valence-corrected chi connectivity index (χ1v) is 11.4. The predicted molar refractivity (Wildman–Crippen MR) is 115 cm³/mol. The number of benzene rings is 2. The van der Waals surface area contributed by atoms with Gasteiger partial charge in [-0.3, -0.25) is 4.79 Å². The molecule has 4 N–H and O–H groups in total. The maximum atomic E-state index is 12.6. The van der Waals surface area contributed by atoms with Gasteiger partial charge in [-0.1, -0.05) is 24.3 Å². The van der Waals surface area contributed by atoms with Gasteiger partial charge in [0.15, 0.2) is 0 Å². The zero-order valence-electron chi connectivity index (χ0n) is 15.6. The second-order valence-corrected chi connectivity index (χ2v) is 9.10. The molecular weight excluding hydrogens is 424 g/mol. The standard InChI is InChI=1S/C20H18N4O4S2/c25-15-9-8-14(17-18(15)24-19(23-17)16-7-4-12-29-16)20(26)21-10-11-22-30(27,28)13-5-2-1-3-6-13/h1-9,12,22,25H,10-11H2,(H,21,26)(H,23,24). The number of aromatic nitrogens is 2. The number of nitrogens with one attached hydrogen (secondary N) is 3. The Morgan fingerprint density at radius 2 is 1.87 bits per heavy atom. The number of phenolic OH excluding ortho intramolecular Hbond substituents is 1. The van der Waals surface area contributed by atoms with Crippen LogP contribution >= 0.6 is 11.3 Å². The quantitative estimate of drug-likeness (QED) is 0.328. The summed E-state index contributed by atoms with van der Waals surface area (Å²) in [6.45, 7) is 0.126. The predicted octanol–water partition coefficient (Wildman–Crippen LogP) is 2.71. The number of fused-ring (bicyclic) bond motifs is 1. The Hall–Kier alpha value is -3.21. The van der Waals surface area contributed by atoms with E-state index >= 15 is 0 Å². The summed E-state index contributed by atoms with van der Waals surface area (Å²) in [7, 11) is -3.64. The van der Waals surface area contributed by atoms with Gasteiger partial charge in [0.2, 0.25) is 10.0 Å². The lowest BCUT2D eigenvalue weighted by Gasteiger charge is -2.08. The van der Waals surface area contributed by atoms with Crippen molar-refractivity contribution >= 4 is 38.3 Å². The minimum absolute atomic E-state index is 0.00697. The van der Waals surface area contributed by atoms with Gasteiger partial charge in [0.05, 0.1) is 15.3 Å². The molecule has 0 saturated heterocycles. The van der Waals surface area contributed by atoms with Crippen LogP contribution in [-0.4, -0.2) is 42.5 Å². The third-order valence-electron chi connectivity index (χ3n) is 4.38. The minimum atomic E-state index is -3.64. The summed E-state index contributed by atoms with van der Waals surface area (Å²) >= 11 is 1.49. The lowest BCUT2D eigenvalue weighted by Crippen LogP contribution is -2.34. The van der Waals surface area contributed by atoms with Gasteiger partial charge >= 0.3 is 0 Å². The Labute approximate surface area is 176 Å². The van der Waals surface area contributed by atoms with E-state index in [9.17, 15) is 18.3 Å². The van der Waals surface area contributed by atoms with Crippen molar-refractivity contribution in [1.82, 2.24) is 20.0 Å². The first-order chi connectivity index (χ1) is 14.5. The molecule has 8 nitrogen and oxygen atoms in total. The zero-order chi connectivity index (χ0) is 21.1. The van der Waals surface area contributed by atoms with Crippen LogP contribution in [0.2, 0.25) is 0 Å². The number of hydrogen-bond acceptors (Lipinski definition) is 6. The van der Waals surface area contributed by atoms with Crippen molar-refractivity contribution in [3.05, 3.63) is 65.5 Å². The fourth-order valence-corrected chi connectivity index (χ4v) is 4.65. The molecule has 0 saturated carbocycles. The average Bonchev–Trinajstić information content (AvgIpc) is 3.42. The largest absolute Gasteiger partial charge is 0.506 e. The second-order valence-electron chi connectivity index (χ2n) is 6.39. The molecule has 0 spiro atoms. The number of sulfonamides is 1. The molecule has 0 radical (unpaired) electrons. The third kappa shape index (κ3) is 4.06. The molecular formula is C20H18N4O4S2. The van der Waals surface area contributed by atoms with Crippen LogP contribution in [0.4, 0.5) is 0 Å². The van der Waals surface area contributed by atoms with Crippen molar-refractivity contribution in [3.63, 3.8) is 0 Å². The highest BCUT2D eigenvalue weighted by atomic mass is 32.2. The number of aromatic amines is 1. The number of imidazole rings is 1. The molecule has 0 unspecified atom stereocenters. The highest BCUT2D eigenvalue weighted by Crippen LogP contribution is 2.30. The molecule has 1 amide bonds. The Morgan fingerprint density at radius 1 is 1.07 bits per heavy atom. The fourth-order valence-electron chi connectivity index (χ4n) is 2.93. The first kappa shape index (κ1) is 20.1. The number of rotatable bonds is 7. The lowest BCUT2D eigenvalue weighted by atomic mass is 10.1. The van der Waals surface area contributed by atoms with Crippen molar-refractivity contribution in [1.29, 1.82) is 0 Å². The van der Waals surface area contributed by atoms with Crippen molar-refractivity contribution < 1.29 is 18.3 Å². The van der Waals surface area contributed by atoms with Crippen LogP contribution in [0.5, 0.6) is 5.75 Å². The van der Waals surface area contributed by atoms with Gasteiger partial charge < -0.3 is 15.4 Å². The van der Waals surface area contributed by atoms with Gasteiger partial charge in [-0.25, -0.2) is 18.1 Å². The summed E-state index contributed by atoms with van der Waals surface area (Å²) in [6.07, 6.45) is 0. The van der Waals surface area contributed by atoms with Gasteiger partial charge in [-0.15, -0.1) is 11.3 Å². The summed E-state index contributed by atoms with van der Waals surface area (Å²) < 4.78 is 26.9. The Morgan fingerprint density at radius 3 is 2.60 bits per heavy atom. The number of hydrogen-bond donors (Lipinski definition) is 4. The summed E-state index contributed by atoms with van der Waals surface area (Å²) in [5, 5.41) is 14.7. The van der Waals surface area contributed by atoms with E-state index in [0.29, 0.717) is 16.9 Å². The monoisotopic (exact) mass is 442 g/mol. The highest BCUT2D eigenvalue weighted by Gasteiger charge is 2.18. The second kappa shape index (κ2) is 8.27. The molecule has 2 heterocycles. The van der Waals surface area contributed by atoms with Crippen LogP contribution < -0.4 is 10.0 Å². The molecule has 4 aromatic rings. The number of H-pyrrole nitrogens is 1. The van der Waals surface area contributed by atoms with Crippen LogP contribution in [-0.2, 0) is 10.0 Å². The molecule has 10 heteroatoms. The molecule has 2 aromatic carbocycles. The minimum Gasteiger partial charge on any atom is -0.506 e. The van der Waals surface area contributed by atoms with Crippen LogP contribution in [0, 0.1) is 0 Å². The molecule has 154 valence electrons. The Balaban J connectivity index is 1.45. The maximum Gasteiger partial charge on any atom is 0.253 e. The van der Waals surface area contributed by atoms with E-state index in [1.54, 1.807) is 18.2 Å². The number of amides is 1. The number of phenols is 1. The SMILES string of the molecule is O=C(NCCNS(=O)(=O)c1ccccc1)c1ccc(O)c2[nH]c(-c3cccs3)nc12. The van der Waals surface area contributed by atoms with Crippen LogP contribution in [0.25, 0.3) is 21.7 Å². The van der Waals surface area contributed by atoms with Crippen molar-refractivity contribution in [2.45, 2.75) is 4.90 Å². The van der Waals surface area contributed by atoms with Crippen LogP contribution in [0.15, 0.2) is 64.9 Å². The fraction of sp³-hybridized carbons (Fsp3) is 0.100. The van der Waals surface area contributed by atoms with Crippen molar-refractivity contribution in [3.8, 4) is 16.5 Å². The van der Waals surface area contributed by atoms with E-state index in [1.807, 2.05) is 17.5 Å². The molecule has 2 aromatic heterocycles. The van der Waals surface area contributed by atoms with Gasteiger partial charge in [-0.05, 0) is 35.7 Å². The van der Waals surface area contributed by atoms with E-state index in [0.717, 1.165) is 4.88 Å². The highest BCUT2D eigenvalue weighted by molar-refractivity contribution is 7.89. The number of thiophene rings is 1. The normalized spacial score (nSPS) is 11.6. The topological polar surface area (TPSA) is 124 Å². The van der Waals surface area contributed by atoms with Gasteiger partial charge in [0, 0.05) is 13.1 Å². The molecule has 0 fully saturated rings. The molecule has 4 rings (SSSR count). The average molecular weight is 443 g/mol. The lowest BCUT2D eigenvalue weighted by molar-refractivity contribution is 0.0956. The first-order valence-electron chi connectivity index (χ1n) is 9.04. The number of carbonyl (C=O) groups excluding carboxylic acids is 1. The molecule has 0 aliphatic heterocycles. The Bertz CT molecular complexity index is 1280. The third-order valence-corrected chi connectivity index (χ3v) is 6.73.